The van der Waals surface area contributed by atoms with Gasteiger partial charge in [-0.3, -0.25) is 9.78 Å². The second kappa shape index (κ2) is 4.40. The van der Waals surface area contributed by atoms with Gasteiger partial charge in [-0.05, 0) is 36.6 Å². The monoisotopic (exact) mass is 206 g/mol. The number of carboxylic acid groups (broad SMARTS) is 1. The Hall–Kier alpha value is -1.42. The molecule has 2 N–H and O–H groups in total. The molecule has 1 saturated carbocycles. The van der Waals surface area contributed by atoms with Crippen molar-refractivity contribution in [2.45, 2.75) is 13.0 Å². The molecule has 2 atom stereocenters. The zero-order valence-corrected chi connectivity index (χ0v) is 8.39. The lowest BCUT2D eigenvalue weighted by molar-refractivity contribution is -0.138. The molecule has 1 aliphatic carbocycles. The fourth-order valence-corrected chi connectivity index (χ4v) is 1.68. The molecule has 1 aromatic heterocycles. The predicted molar refractivity (Wildman–Crippen MR) is 55.2 cm³/mol. The Morgan fingerprint density at radius 1 is 1.53 bits per heavy atom. The summed E-state index contributed by atoms with van der Waals surface area (Å²) < 4.78 is 0. The molecule has 2 unspecified atom stereocenters. The van der Waals surface area contributed by atoms with Crippen LogP contribution < -0.4 is 5.32 Å². The molecule has 0 saturated heterocycles. The standard InChI is InChI=1S/C11H14N2O2/c14-11(15)10-5-9(10)7-13-6-8-1-3-12-4-2-8/h1-4,9-10,13H,5-7H2,(H,14,15). The molecule has 0 bridgehead atoms. The SMILES string of the molecule is O=C(O)C1CC1CNCc1ccncc1. The summed E-state index contributed by atoms with van der Waals surface area (Å²) in [6.45, 7) is 1.57. The molecule has 0 spiro atoms. The van der Waals surface area contributed by atoms with Crippen molar-refractivity contribution in [1.82, 2.24) is 10.3 Å². The average molecular weight is 206 g/mol. The summed E-state index contributed by atoms with van der Waals surface area (Å²) in [5, 5.41) is 12.0. The van der Waals surface area contributed by atoms with Crippen LogP contribution in [0.25, 0.3) is 0 Å². The van der Waals surface area contributed by atoms with Crippen LogP contribution in [0.15, 0.2) is 24.5 Å². The highest BCUT2D eigenvalue weighted by atomic mass is 16.4. The van der Waals surface area contributed by atoms with Gasteiger partial charge in [-0.25, -0.2) is 0 Å². The molecule has 1 aromatic rings. The van der Waals surface area contributed by atoms with Crippen LogP contribution in [-0.2, 0) is 11.3 Å². The number of carboxylic acids is 1. The normalized spacial score (nSPS) is 23.7. The Morgan fingerprint density at radius 2 is 2.27 bits per heavy atom. The second-order valence-electron chi connectivity index (χ2n) is 3.93. The average Bonchev–Trinajstić information content (AvgIpc) is 2.99. The van der Waals surface area contributed by atoms with E-state index in [0.29, 0.717) is 5.92 Å². The number of nitrogens with zero attached hydrogens (tertiary/aromatic N) is 1. The first-order valence-electron chi connectivity index (χ1n) is 5.10. The van der Waals surface area contributed by atoms with Gasteiger partial charge >= 0.3 is 5.97 Å². The molecule has 0 aromatic carbocycles. The lowest BCUT2D eigenvalue weighted by Crippen LogP contribution is -2.18. The molecule has 0 amide bonds. The topological polar surface area (TPSA) is 62.2 Å². The van der Waals surface area contributed by atoms with Crippen LogP contribution in [0, 0.1) is 11.8 Å². The van der Waals surface area contributed by atoms with E-state index >= 15 is 0 Å². The van der Waals surface area contributed by atoms with Gasteiger partial charge in [-0.15, -0.1) is 0 Å². The highest BCUT2D eigenvalue weighted by molar-refractivity contribution is 5.73. The summed E-state index contributed by atoms with van der Waals surface area (Å²) in [4.78, 5) is 14.5. The van der Waals surface area contributed by atoms with Gasteiger partial charge < -0.3 is 10.4 Å². The zero-order chi connectivity index (χ0) is 10.7. The first-order valence-corrected chi connectivity index (χ1v) is 5.10. The smallest absolute Gasteiger partial charge is 0.306 e. The fraction of sp³-hybridized carbons (Fsp3) is 0.455. The Morgan fingerprint density at radius 3 is 2.87 bits per heavy atom. The number of aromatic nitrogens is 1. The van der Waals surface area contributed by atoms with Crippen molar-refractivity contribution in [2.75, 3.05) is 6.54 Å². The molecular formula is C11H14N2O2. The van der Waals surface area contributed by atoms with Crippen LogP contribution in [0.1, 0.15) is 12.0 Å². The molecular weight excluding hydrogens is 192 g/mol. The van der Waals surface area contributed by atoms with E-state index < -0.39 is 5.97 Å². The Kier molecular flexibility index (Phi) is 2.97. The van der Waals surface area contributed by atoms with E-state index in [2.05, 4.69) is 10.3 Å². The Labute approximate surface area is 88.3 Å². The first-order chi connectivity index (χ1) is 7.27. The van der Waals surface area contributed by atoms with Crippen LogP contribution in [0.2, 0.25) is 0 Å². The third-order valence-corrected chi connectivity index (χ3v) is 2.72. The summed E-state index contributed by atoms with van der Waals surface area (Å²) in [6, 6.07) is 3.91. The Balaban J connectivity index is 1.67. The van der Waals surface area contributed by atoms with Gasteiger partial charge in [0.15, 0.2) is 0 Å². The van der Waals surface area contributed by atoms with Gasteiger partial charge in [0.2, 0.25) is 0 Å². The lowest BCUT2D eigenvalue weighted by Gasteiger charge is -2.02. The highest BCUT2D eigenvalue weighted by Crippen LogP contribution is 2.37. The van der Waals surface area contributed by atoms with Crippen LogP contribution in [0.3, 0.4) is 0 Å². The largest absolute Gasteiger partial charge is 0.481 e. The molecule has 4 nitrogen and oxygen atoms in total. The number of nitrogens with one attached hydrogen (secondary N) is 1. The van der Waals surface area contributed by atoms with Crippen molar-refractivity contribution in [2.24, 2.45) is 11.8 Å². The zero-order valence-electron chi connectivity index (χ0n) is 8.39. The van der Waals surface area contributed by atoms with Gasteiger partial charge in [0.05, 0.1) is 5.92 Å². The molecule has 1 fully saturated rings. The van der Waals surface area contributed by atoms with Gasteiger partial charge in [0.25, 0.3) is 0 Å². The minimum absolute atomic E-state index is 0.116. The Bertz CT molecular complexity index is 340. The van der Waals surface area contributed by atoms with Gasteiger partial charge in [-0.2, -0.15) is 0 Å². The third kappa shape index (κ3) is 2.76. The van der Waals surface area contributed by atoms with Gasteiger partial charge in [0, 0.05) is 18.9 Å². The summed E-state index contributed by atoms with van der Waals surface area (Å²) in [5.74, 6) is -0.454. The summed E-state index contributed by atoms with van der Waals surface area (Å²) in [7, 11) is 0. The van der Waals surface area contributed by atoms with Crippen LogP contribution in [-0.4, -0.2) is 22.6 Å². The van der Waals surface area contributed by atoms with E-state index in [9.17, 15) is 4.79 Å². The summed E-state index contributed by atoms with van der Waals surface area (Å²) >= 11 is 0. The van der Waals surface area contributed by atoms with E-state index in [1.165, 1.54) is 5.56 Å². The quantitative estimate of drug-likeness (QED) is 0.751. The molecule has 2 rings (SSSR count). The number of carbonyl (C=O) groups is 1. The second-order valence-corrected chi connectivity index (χ2v) is 3.93. The fourth-order valence-electron chi connectivity index (χ4n) is 1.68. The van der Waals surface area contributed by atoms with Crippen molar-refractivity contribution < 1.29 is 9.90 Å². The van der Waals surface area contributed by atoms with Crippen molar-refractivity contribution in [3.63, 3.8) is 0 Å². The number of rotatable bonds is 5. The van der Waals surface area contributed by atoms with Crippen LogP contribution in [0.4, 0.5) is 0 Å². The minimum atomic E-state index is -0.661. The van der Waals surface area contributed by atoms with E-state index in [1.54, 1.807) is 12.4 Å². The number of hydrogen-bond donors (Lipinski definition) is 2. The number of hydrogen-bond acceptors (Lipinski definition) is 3. The molecule has 15 heavy (non-hydrogen) atoms. The molecule has 1 aliphatic rings. The molecule has 0 radical (unpaired) electrons. The van der Waals surface area contributed by atoms with E-state index in [1.807, 2.05) is 12.1 Å². The molecule has 1 heterocycles. The number of aliphatic carboxylic acids is 1. The number of pyridine rings is 1. The van der Waals surface area contributed by atoms with Crippen molar-refractivity contribution in [3.05, 3.63) is 30.1 Å². The molecule has 0 aliphatic heterocycles. The predicted octanol–water partition coefficient (Wildman–Crippen LogP) is 0.892. The minimum Gasteiger partial charge on any atom is -0.481 e. The van der Waals surface area contributed by atoms with Crippen LogP contribution >= 0.6 is 0 Å². The third-order valence-electron chi connectivity index (χ3n) is 2.72. The van der Waals surface area contributed by atoms with Gasteiger partial charge in [-0.1, -0.05) is 0 Å². The van der Waals surface area contributed by atoms with Crippen molar-refractivity contribution >= 4 is 5.97 Å². The molecule has 80 valence electrons. The van der Waals surface area contributed by atoms with E-state index in [-0.39, 0.29) is 5.92 Å². The maximum atomic E-state index is 10.6. The van der Waals surface area contributed by atoms with E-state index in [0.717, 1.165) is 19.5 Å². The van der Waals surface area contributed by atoms with Gasteiger partial charge in [0.1, 0.15) is 0 Å². The van der Waals surface area contributed by atoms with Crippen molar-refractivity contribution in [3.8, 4) is 0 Å². The van der Waals surface area contributed by atoms with Crippen LogP contribution in [0.5, 0.6) is 0 Å². The summed E-state index contributed by atoms with van der Waals surface area (Å²) in [5.41, 5.74) is 1.18. The highest BCUT2D eigenvalue weighted by Gasteiger charge is 2.42. The van der Waals surface area contributed by atoms with Crippen molar-refractivity contribution in [1.29, 1.82) is 0 Å². The van der Waals surface area contributed by atoms with E-state index in [4.69, 9.17) is 5.11 Å². The maximum Gasteiger partial charge on any atom is 0.306 e. The first kappa shape index (κ1) is 10.1. The summed E-state index contributed by atoms with van der Waals surface area (Å²) in [6.07, 6.45) is 4.33. The lowest BCUT2D eigenvalue weighted by atomic mass is 10.2. The molecule has 4 heteroatoms. The maximum absolute atomic E-state index is 10.6.